The predicted molar refractivity (Wildman–Crippen MR) is 68.9 cm³/mol. The summed E-state index contributed by atoms with van der Waals surface area (Å²) < 4.78 is 6.97. The number of aryl methyl sites for hydroxylation is 1. The summed E-state index contributed by atoms with van der Waals surface area (Å²) in [5.41, 5.74) is 0.885. The van der Waals surface area contributed by atoms with Gasteiger partial charge in [0, 0.05) is 19.0 Å². The Bertz CT molecular complexity index is 593. The molecular weight excluding hydrogens is 246 g/mol. The van der Waals surface area contributed by atoms with Crippen LogP contribution < -0.4 is 4.74 Å². The van der Waals surface area contributed by atoms with Crippen LogP contribution in [-0.2, 0) is 18.3 Å². The molecule has 0 radical (unpaired) electrons. The highest BCUT2D eigenvalue weighted by molar-refractivity contribution is 5.67. The summed E-state index contributed by atoms with van der Waals surface area (Å²) in [5, 5.41) is 16.8. The molecule has 0 unspecified atom stereocenters. The average molecular weight is 261 g/mol. The molecule has 0 saturated carbocycles. The Balaban J connectivity index is 2.27. The van der Waals surface area contributed by atoms with Gasteiger partial charge in [0.1, 0.15) is 11.6 Å². The zero-order valence-corrected chi connectivity index (χ0v) is 10.8. The van der Waals surface area contributed by atoms with Crippen LogP contribution in [0.15, 0.2) is 24.3 Å². The van der Waals surface area contributed by atoms with E-state index in [1.807, 2.05) is 31.3 Å². The van der Waals surface area contributed by atoms with E-state index in [1.165, 1.54) is 0 Å². The fourth-order valence-electron chi connectivity index (χ4n) is 1.81. The van der Waals surface area contributed by atoms with Crippen LogP contribution in [-0.4, -0.2) is 33.0 Å². The molecule has 2 aromatic rings. The van der Waals surface area contributed by atoms with Crippen LogP contribution in [0.2, 0.25) is 0 Å². The summed E-state index contributed by atoms with van der Waals surface area (Å²) in [6.45, 7) is 0. The first kappa shape index (κ1) is 13.1. The van der Waals surface area contributed by atoms with E-state index in [1.54, 1.807) is 11.7 Å². The van der Waals surface area contributed by atoms with Crippen LogP contribution in [0.25, 0.3) is 11.4 Å². The molecule has 1 aromatic heterocycles. The van der Waals surface area contributed by atoms with Gasteiger partial charge in [0.25, 0.3) is 0 Å². The van der Waals surface area contributed by atoms with E-state index in [4.69, 9.17) is 9.84 Å². The third-order valence-corrected chi connectivity index (χ3v) is 2.86. The molecule has 6 heteroatoms. The molecule has 0 aliphatic heterocycles. The van der Waals surface area contributed by atoms with Crippen molar-refractivity contribution in [2.24, 2.45) is 7.05 Å². The molecule has 0 amide bonds. The van der Waals surface area contributed by atoms with Crippen LogP contribution in [0, 0.1) is 0 Å². The molecule has 0 atom stereocenters. The monoisotopic (exact) mass is 261 g/mol. The number of hydrogen-bond acceptors (Lipinski definition) is 4. The van der Waals surface area contributed by atoms with Crippen LogP contribution in [0.5, 0.6) is 5.75 Å². The lowest BCUT2D eigenvalue weighted by molar-refractivity contribution is -0.137. The second-order valence-electron chi connectivity index (χ2n) is 4.12. The summed E-state index contributed by atoms with van der Waals surface area (Å²) in [6, 6.07) is 7.50. The molecule has 0 fully saturated rings. The molecule has 1 aromatic carbocycles. The van der Waals surface area contributed by atoms with Crippen LogP contribution in [0.3, 0.4) is 0 Å². The van der Waals surface area contributed by atoms with Crippen LogP contribution in [0.4, 0.5) is 0 Å². The molecule has 0 bridgehead atoms. The van der Waals surface area contributed by atoms with Gasteiger partial charge in [0.2, 0.25) is 0 Å². The number of benzene rings is 1. The van der Waals surface area contributed by atoms with Gasteiger partial charge in [-0.2, -0.15) is 0 Å². The molecule has 0 aliphatic rings. The van der Waals surface area contributed by atoms with Crippen molar-refractivity contribution in [2.45, 2.75) is 12.8 Å². The number of ether oxygens (including phenoxy) is 1. The number of nitrogens with zero attached hydrogens (tertiary/aromatic N) is 3. The van der Waals surface area contributed by atoms with E-state index in [9.17, 15) is 4.79 Å². The Kier molecular flexibility index (Phi) is 3.79. The number of hydrogen-bond donors (Lipinski definition) is 1. The molecule has 6 nitrogen and oxygen atoms in total. The van der Waals surface area contributed by atoms with Crippen molar-refractivity contribution in [1.82, 2.24) is 14.8 Å². The summed E-state index contributed by atoms with van der Waals surface area (Å²) >= 11 is 0. The largest absolute Gasteiger partial charge is 0.497 e. The van der Waals surface area contributed by atoms with Crippen molar-refractivity contribution in [3.05, 3.63) is 30.1 Å². The first-order chi connectivity index (χ1) is 9.11. The summed E-state index contributed by atoms with van der Waals surface area (Å²) in [6.07, 6.45) is 0.410. The fraction of sp³-hybridized carbons (Fsp3) is 0.308. The number of carbonyl (C=O) groups is 1. The zero-order valence-electron chi connectivity index (χ0n) is 10.8. The molecule has 0 saturated heterocycles. The number of carboxylic acids is 1. The molecule has 1 N–H and O–H groups in total. The van der Waals surface area contributed by atoms with Crippen molar-refractivity contribution in [2.75, 3.05) is 7.11 Å². The lowest BCUT2D eigenvalue weighted by Crippen LogP contribution is -2.04. The van der Waals surface area contributed by atoms with Gasteiger partial charge in [-0.3, -0.25) is 4.79 Å². The van der Waals surface area contributed by atoms with Gasteiger partial charge in [-0.1, -0.05) is 12.1 Å². The highest BCUT2D eigenvalue weighted by Crippen LogP contribution is 2.22. The van der Waals surface area contributed by atoms with Crippen LogP contribution >= 0.6 is 0 Å². The molecular formula is C13H15N3O3. The van der Waals surface area contributed by atoms with E-state index in [0.29, 0.717) is 18.1 Å². The highest BCUT2D eigenvalue weighted by Gasteiger charge is 2.12. The van der Waals surface area contributed by atoms with E-state index in [-0.39, 0.29) is 6.42 Å². The smallest absolute Gasteiger partial charge is 0.303 e. The summed E-state index contributed by atoms with van der Waals surface area (Å²) in [4.78, 5) is 10.6. The average Bonchev–Trinajstić information content (AvgIpc) is 2.78. The van der Waals surface area contributed by atoms with E-state index >= 15 is 0 Å². The molecule has 100 valence electrons. The Morgan fingerprint density at radius 2 is 2.21 bits per heavy atom. The first-order valence-corrected chi connectivity index (χ1v) is 5.86. The maximum absolute atomic E-state index is 10.6. The third kappa shape index (κ3) is 2.90. The fourth-order valence-corrected chi connectivity index (χ4v) is 1.81. The maximum Gasteiger partial charge on any atom is 0.303 e. The van der Waals surface area contributed by atoms with Crippen LogP contribution in [0.1, 0.15) is 12.2 Å². The van der Waals surface area contributed by atoms with Crippen molar-refractivity contribution in [3.63, 3.8) is 0 Å². The van der Waals surface area contributed by atoms with E-state index < -0.39 is 5.97 Å². The predicted octanol–water partition coefficient (Wildman–Crippen LogP) is 1.51. The number of aliphatic carboxylic acids is 1. The molecule has 19 heavy (non-hydrogen) atoms. The Morgan fingerprint density at radius 3 is 2.89 bits per heavy atom. The zero-order chi connectivity index (χ0) is 13.8. The second-order valence-corrected chi connectivity index (χ2v) is 4.12. The van der Waals surface area contributed by atoms with E-state index in [2.05, 4.69) is 10.2 Å². The first-order valence-electron chi connectivity index (χ1n) is 5.86. The minimum atomic E-state index is -0.842. The van der Waals surface area contributed by atoms with Gasteiger partial charge in [0.05, 0.1) is 13.5 Å². The maximum atomic E-state index is 10.6. The Labute approximate surface area is 110 Å². The molecule has 0 spiro atoms. The number of carboxylic acid groups (broad SMARTS) is 1. The summed E-state index contributed by atoms with van der Waals surface area (Å²) in [7, 11) is 3.43. The van der Waals surface area contributed by atoms with Gasteiger partial charge in [-0.25, -0.2) is 0 Å². The number of aromatic nitrogens is 3. The van der Waals surface area contributed by atoms with Gasteiger partial charge >= 0.3 is 5.97 Å². The van der Waals surface area contributed by atoms with Gasteiger partial charge in [-0.15, -0.1) is 10.2 Å². The van der Waals surface area contributed by atoms with E-state index in [0.717, 1.165) is 11.3 Å². The highest BCUT2D eigenvalue weighted by atomic mass is 16.5. The normalized spacial score (nSPS) is 10.4. The topological polar surface area (TPSA) is 77.2 Å². The standard InChI is InChI=1S/C13H15N3O3/c1-16-11(6-7-12(17)18)14-15-13(16)9-4-3-5-10(8-9)19-2/h3-5,8H,6-7H2,1-2H3,(H,17,18). The Hall–Kier alpha value is -2.37. The number of methoxy groups -OCH3 is 1. The van der Waals surface area contributed by atoms with Gasteiger partial charge < -0.3 is 14.4 Å². The van der Waals surface area contributed by atoms with Crippen molar-refractivity contribution >= 4 is 5.97 Å². The van der Waals surface area contributed by atoms with Gasteiger partial charge in [0.15, 0.2) is 5.82 Å². The minimum Gasteiger partial charge on any atom is -0.497 e. The molecule has 0 aliphatic carbocycles. The number of rotatable bonds is 5. The lowest BCUT2D eigenvalue weighted by Gasteiger charge is -2.05. The van der Waals surface area contributed by atoms with Crippen molar-refractivity contribution in [3.8, 4) is 17.1 Å². The second kappa shape index (κ2) is 5.51. The third-order valence-electron chi connectivity index (χ3n) is 2.86. The Morgan fingerprint density at radius 1 is 1.42 bits per heavy atom. The minimum absolute atomic E-state index is 0.0457. The lowest BCUT2D eigenvalue weighted by atomic mass is 10.2. The SMILES string of the molecule is COc1cccc(-c2nnc(CCC(=O)O)n2C)c1. The molecule has 2 rings (SSSR count). The summed E-state index contributed by atoms with van der Waals surface area (Å²) in [5.74, 6) is 1.25. The quantitative estimate of drug-likeness (QED) is 0.882. The van der Waals surface area contributed by atoms with Crippen molar-refractivity contribution < 1.29 is 14.6 Å². The molecule has 1 heterocycles. The van der Waals surface area contributed by atoms with Gasteiger partial charge in [-0.05, 0) is 12.1 Å². The van der Waals surface area contributed by atoms with Crippen molar-refractivity contribution in [1.29, 1.82) is 0 Å².